The molecule has 19 heavy (non-hydrogen) atoms. The molecule has 1 aliphatic rings. The monoisotopic (exact) mass is 258 g/mol. The quantitative estimate of drug-likeness (QED) is 0.807. The van der Waals surface area contributed by atoms with Crippen LogP contribution in [0.5, 0.6) is 5.75 Å². The fourth-order valence-corrected chi connectivity index (χ4v) is 2.92. The molecule has 0 amide bonds. The molecule has 0 aromatic heterocycles. The van der Waals surface area contributed by atoms with E-state index < -0.39 is 0 Å². The number of hydrogen-bond acceptors (Lipinski definition) is 3. The van der Waals surface area contributed by atoms with E-state index in [0.717, 1.165) is 18.6 Å². The van der Waals surface area contributed by atoms with Crippen LogP contribution in [0.3, 0.4) is 0 Å². The van der Waals surface area contributed by atoms with Crippen LogP contribution in [0.15, 0.2) is 24.3 Å². The Kier molecular flexibility index (Phi) is 3.56. The molecule has 1 fully saturated rings. The van der Waals surface area contributed by atoms with Crippen molar-refractivity contribution in [3.8, 4) is 11.8 Å². The second-order valence-corrected chi connectivity index (χ2v) is 6.50. The number of nitrogens with zero attached hydrogens (tertiary/aromatic N) is 2. The van der Waals surface area contributed by atoms with Gasteiger partial charge in [0.1, 0.15) is 5.75 Å². The molecule has 2 rings (SSSR count). The third kappa shape index (κ3) is 2.90. The molecule has 3 nitrogen and oxygen atoms in total. The number of piperidine rings is 1. The summed E-state index contributed by atoms with van der Waals surface area (Å²) in [5.74, 6) is 0.794. The van der Waals surface area contributed by atoms with Gasteiger partial charge >= 0.3 is 0 Å². The first-order chi connectivity index (χ1) is 8.85. The Morgan fingerprint density at radius 3 is 2.05 bits per heavy atom. The van der Waals surface area contributed by atoms with Crippen LogP contribution in [0.2, 0.25) is 0 Å². The highest BCUT2D eigenvalue weighted by Crippen LogP contribution is 2.38. The van der Waals surface area contributed by atoms with Gasteiger partial charge < -0.3 is 4.84 Å². The van der Waals surface area contributed by atoms with Gasteiger partial charge in [-0.2, -0.15) is 5.26 Å². The van der Waals surface area contributed by atoms with Gasteiger partial charge in [0.05, 0.1) is 22.7 Å². The lowest BCUT2D eigenvalue weighted by Gasteiger charge is -2.50. The Morgan fingerprint density at radius 2 is 1.58 bits per heavy atom. The zero-order valence-corrected chi connectivity index (χ0v) is 12.2. The van der Waals surface area contributed by atoms with Gasteiger partial charge in [-0.05, 0) is 71.2 Å². The van der Waals surface area contributed by atoms with Crippen LogP contribution in [0.25, 0.3) is 0 Å². The van der Waals surface area contributed by atoms with Crippen LogP contribution >= 0.6 is 0 Å². The third-order valence-corrected chi connectivity index (χ3v) is 3.86. The van der Waals surface area contributed by atoms with Gasteiger partial charge in [0.25, 0.3) is 0 Å². The second kappa shape index (κ2) is 4.86. The van der Waals surface area contributed by atoms with E-state index in [1.54, 1.807) is 12.1 Å². The molecule has 0 radical (unpaired) electrons. The van der Waals surface area contributed by atoms with E-state index in [-0.39, 0.29) is 11.1 Å². The fraction of sp³-hybridized carbons (Fsp3) is 0.562. The molecule has 0 unspecified atom stereocenters. The summed E-state index contributed by atoms with van der Waals surface area (Å²) in [5, 5.41) is 10.9. The van der Waals surface area contributed by atoms with E-state index in [1.807, 2.05) is 12.1 Å². The molecule has 0 N–H and O–H groups in total. The second-order valence-electron chi connectivity index (χ2n) is 6.50. The molecule has 1 heterocycles. The maximum Gasteiger partial charge on any atom is 0.147 e. The maximum absolute atomic E-state index is 8.81. The van der Waals surface area contributed by atoms with Crippen molar-refractivity contribution >= 4 is 0 Å². The van der Waals surface area contributed by atoms with Gasteiger partial charge in [-0.15, -0.1) is 5.06 Å². The highest BCUT2D eigenvalue weighted by Gasteiger charge is 2.43. The lowest BCUT2D eigenvalue weighted by Crippen LogP contribution is -2.59. The minimum Gasteiger partial charge on any atom is -0.405 e. The van der Waals surface area contributed by atoms with Gasteiger partial charge in [0.15, 0.2) is 0 Å². The first kappa shape index (κ1) is 13.9. The molecule has 102 valence electrons. The SMILES string of the molecule is CC1(C)CCCC(C)(C)N1Oc1ccc(C#N)cc1. The number of hydrogen-bond donors (Lipinski definition) is 0. The predicted octanol–water partition coefficient (Wildman–Crippen LogP) is 3.90. The molecule has 0 atom stereocenters. The lowest BCUT2D eigenvalue weighted by atomic mass is 9.82. The predicted molar refractivity (Wildman–Crippen MR) is 75.6 cm³/mol. The van der Waals surface area contributed by atoms with Crippen molar-refractivity contribution in [2.24, 2.45) is 0 Å². The molecule has 1 aromatic carbocycles. The molecule has 1 aliphatic heterocycles. The molecule has 1 aromatic rings. The van der Waals surface area contributed by atoms with Gasteiger partial charge in [-0.1, -0.05) is 0 Å². The fourth-order valence-electron chi connectivity index (χ4n) is 2.92. The summed E-state index contributed by atoms with van der Waals surface area (Å²) in [6, 6.07) is 9.42. The molecular formula is C16H22N2O. The standard InChI is InChI=1S/C16H22N2O/c1-15(2)10-5-11-16(3,4)18(15)19-14-8-6-13(12-17)7-9-14/h6-9H,5,10-11H2,1-4H3. The Bertz CT molecular complexity index is 466. The van der Waals surface area contributed by atoms with Crippen molar-refractivity contribution in [1.82, 2.24) is 5.06 Å². The zero-order valence-electron chi connectivity index (χ0n) is 12.2. The summed E-state index contributed by atoms with van der Waals surface area (Å²) in [4.78, 5) is 6.11. The highest BCUT2D eigenvalue weighted by molar-refractivity contribution is 5.34. The van der Waals surface area contributed by atoms with Crippen molar-refractivity contribution in [1.29, 1.82) is 5.26 Å². The minimum absolute atomic E-state index is 0.0235. The molecule has 0 bridgehead atoms. The first-order valence-corrected chi connectivity index (χ1v) is 6.84. The van der Waals surface area contributed by atoms with Crippen LogP contribution in [0.1, 0.15) is 52.5 Å². The topological polar surface area (TPSA) is 36.3 Å². The summed E-state index contributed by atoms with van der Waals surface area (Å²) >= 11 is 0. The van der Waals surface area contributed by atoms with Crippen LogP contribution in [-0.4, -0.2) is 16.1 Å². The van der Waals surface area contributed by atoms with Gasteiger partial charge in [0.2, 0.25) is 0 Å². The van der Waals surface area contributed by atoms with Crippen molar-refractivity contribution < 1.29 is 4.84 Å². The zero-order chi connectivity index (χ0) is 14.1. The Labute approximate surface area is 115 Å². The summed E-state index contributed by atoms with van der Waals surface area (Å²) in [6.45, 7) is 8.88. The van der Waals surface area contributed by atoms with E-state index in [4.69, 9.17) is 10.1 Å². The van der Waals surface area contributed by atoms with Crippen LogP contribution < -0.4 is 4.84 Å². The van der Waals surface area contributed by atoms with Crippen molar-refractivity contribution in [2.45, 2.75) is 58.0 Å². The highest BCUT2D eigenvalue weighted by atomic mass is 16.7. The van der Waals surface area contributed by atoms with E-state index in [1.165, 1.54) is 6.42 Å². The number of rotatable bonds is 2. The summed E-state index contributed by atoms with van der Waals surface area (Å²) < 4.78 is 0. The van der Waals surface area contributed by atoms with Gasteiger partial charge in [-0.25, -0.2) is 0 Å². The molecule has 3 heteroatoms. The lowest BCUT2D eigenvalue weighted by molar-refractivity contribution is -0.216. The van der Waals surface area contributed by atoms with Crippen molar-refractivity contribution in [2.75, 3.05) is 0 Å². The number of hydroxylamine groups is 2. The Balaban J connectivity index is 2.21. The normalized spacial score (nSPS) is 21.6. The third-order valence-electron chi connectivity index (χ3n) is 3.86. The van der Waals surface area contributed by atoms with E-state index in [9.17, 15) is 0 Å². The van der Waals surface area contributed by atoms with E-state index in [0.29, 0.717) is 5.56 Å². The number of nitriles is 1. The average Bonchev–Trinajstić information content (AvgIpc) is 2.34. The van der Waals surface area contributed by atoms with Crippen LogP contribution in [0.4, 0.5) is 0 Å². The smallest absolute Gasteiger partial charge is 0.147 e. The van der Waals surface area contributed by atoms with E-state index >= 15 is 0 Å². The minimum atomic E-state index is 0.0235. The van der Waals surface area contributed by atoms with Crippen molar-refractivity contribution in [3.63, 3.8) is 0 Å². The molecule has 0 saturated carbocycles. The van der Waals surface area contributed by atoms with Crippen molar-refractivity contribution in [3.05, 3.63) is 29.8 Å². The largest absolute Gasteiger partial charge is 0.405 e. The van der Waals surface area contributed by atoms with Crippen LogP contribution in [-0.2, 0) is 0 Å². The van der Waals surface area contributed by atoms with Gasteiger partial charge in [0, 0.05) is 0 Å². The average molecular weight is 258 g/mol. The first-order valence-electron chi connectivity index (χ1n) is 6.84. The molecular weight excluding hydrogens is 236 g/mol. The Hall–Kier alpha value is -1.53. The molecule has 0 spiro atoms. The summed E-state index contributed by atoms with van der Waals surface area (Å²) in [7, 11) is 0. The van der Waals surface area contributed by atoms with Crippen LogP contribution in [0, 0.1) is 11.3 Å². The number of benzene rings is 1. The van der Waals surface area contributed by atoms with E-state index in [2.05, 4.69) is 38.8 Å². The molecule has 0 aliphatic carbocycles. The summed E-state index contributed by atoms with van der Waals surface area (Å²) in [6.07, 6.45) is 3.49. The molecule has 1 saturated heterocycles. The summed E-state index contributed by atoms with van der Waals surface area (Å²) in [5.41, 5.74) is 0.704. The maximum atomic E-state index is 8.81. The Morgan fingerprint density at radius 1 is 1.05 bits per heavy atom. The van der Waals surface area contributed by atoms with Gasteiger partial charge in [-0.3, -0.25) is 0 Å².